The summed E-state index contributed by atoms with van der Waals surface area (Å²) >= 11 is 0. The summed E-state index contributed by atoms with van der Waals surface area (Å²) in [6.07, 6.45) is 8.26. The van der Waals surface area contributed by atoms with Gasteiger partial charge < -0.3 is 0 Å². The summed E-state index contributed by atoms with van der Waals surface area (Å²) in [7, 11) is -0.979. The molecule has 0 heterocycles. The van der Waals surface area contributed by atoms with E-state index in [1.165, 1.54) is 38.3 Å². The first kappa shape index (κ1) is 15.0. The van der Waals surface area contributed by atoms with Crippen molar-refractivity contribution >= 4 is 14.8 Å². The van der Waals surface area contributed by atoms with Gasteiger partial charge in [0.05, 0.1) is 8.07 Å². The molecular formula is C13H29BSi. The fourth-order valence-corrected chi connectivity index (χ4v) is 2.54. The van der Waals surface area contributed by atoms with Gasteiger partial charge in [-0.05, 0) is 0 Å². The summed E-state index contributed by atoms with van der Waals surface area (Å²) in [4.78, 5) is 0. The smallest absolute Gasteiger partial charge is 0.123 e. The molecule has 2 heteroatoms. The van der Waals surface area contributed by atoms with Gasteiger partial charge in [-0.3, -0.25) is 0 Å². The molecule has 0 aliphatic rings. The predicted octanol–water partition coefficient (Wildman–Crippen LogP) is 5.05. The lowest BCUT2D eigenvalue weighted by Crippen LogP contribution is -2.18. The summed E-state index contributed by atoms with van der Waals surface area (Å²) in [5.74, 6) is 2.53. The van der Waals surface area contributed by atoms with Crippen molar-refractivity contribution in [2.45, 2.75) is 71.8 Å². The first-order chi connectivity index (χ1) is 6.99. The van der Waals surface area contributed by atoms with E-state index in [-0.39, 0.29) is 0 Å². The third-order valence-electron chi connectivity index (χ3n) is 2.73. The SMILES string of the molecule is CCCCB(/C=C/[Si](C)(C)C)CCCC. The van der Waals surface area contributed by atoms with Crippen LogP contribution in [0.3, 0.4) is 0 Å². The maximum atomic E-state index is 2.53. The van der Waals surface area contributed by atoms with Gasteiger partial charge in [0.1, 0.15) is 0 Å². The van der Waals surface area contributed by atoms with Crippen molar-refractivity contribution < 1.29 is 0 Å². The Bertz CT molecular complexity index is 162. The van der Waals surface area contributed by atoms with Crippen molar-refractivity contribution in [1.29, 1.82) is 0 Å². The van der Waals surface area contributed by atoms with Crippen LogP contribution in [0.5, 0.6) is 0 Å². The van der Waals surface area contributed by atoms with Crippen LogP contribution in [0.25, 0.3) is 0 Å². The van der Waals surface area contributed by atoms with E-state index in [2.05, 4.69) is 45.2 Å². The quantitative estimate of drug-likeness (QED) is 0.506. The molecule has 0 rings (SSSR count). The summed E-state index contributed by atoms with van der Waals surface area (Å²) in [6.45, 7) is 12.7. The average molecular weight is 224 g/mol. The molecule has 0 aromatic rings. The van der Waals surface area contributed by atoms with Crippen LogP contribution in [0.2, 0.25) is 32.3 Å². The van der Waals surface area contributed by atoms with Crippen molar-refractivity contribution in [2.75, 3.05) is 0 Å². The van der Waals surface area contributed by atoms with E-state index in [0.29, 0.717) is 0 Å². The Morgan fingerprint density at radius 1 is 0.933 bits per heavy atom. The average Bonchev–Trinajstić information content (AvgIpc) is 2.15. The van der Waals surface area contributed by atoms with E-state index in [4.69, 9.17) is 0 Å². The number of rotatable bonds is 8. The van der Waals surface area contributed by atoms with Crippen LogP contribution in [0.15, 0.2) is 11.7 Å². The second kappa shape index (κ2) is 8.21. The molecule has 0 fully saturated rings. The van der Waals surface area contributed by atoms with Gasteiger partial charge in [0.25, 0.3) is 0 Å². The Kier molecular flexibility index (Phi) is 8.22. The molecule has 0 unspecified atom stereocenters. The molecule has 0 aliphatic heterocycles. The molecule has 0 bridgehead atoms. The molecule has 0 aromatic carbocycles. The maximum Gasteiger partial charge on any atom is 0.165 e. The van der Waals surface area contributed by atoms with Gasteiger partial charge in [-0.2, -0.15) is 0 Å². The Hall–Kier alpha value is 0.0218. The van der Waals surface area contributed by atoms with E-state index in [1.807, 2.05) is 0 Å². The van der Waals surface area contributed by atoms with Crippen molar-refractivity contribution in [3.8, 4) is 0 Å². The van der Waals surface area contributed by atoms with Crippen molar-refractivity contribution in [3.05, 3.63) is 11.7 Å². The Morgan fingerprint density at radius 3 is 1.73 bits per heavy atom. The van der Waals surface area contributed by atoms with Crippen LogP contribution in [0.1, 0.15) is 39.5 Å². The molecule has 0 radical (unpaired) electrons. The molecule has 0 aromatic heterocycles. The van der Waals surface area contributed by atoms with E-state index >= 15 is 0 Å². The summed E-state index contributed by atoms with van der Waals surface area (Å²) in [6, 6.07) is 0. The molecule has 0 atom stereocenters. The lowest BCUT2D eigenvalue weighted by Gasteiger charge is -2.12. The fraction of sp³-hybridized carbons (Fsp3) is 0.846. The fourth-order valence-electron chi connectivity index (χ4n) is 1.69. The van der Waals surface area contributed by atoms with E-state index in [0.717, 1.165) is 6.71 Å². The highest BCUT2D eigenvalue weighted by atomic mass is 28.3. The summed E-state index contributed by atoms with van der Waals surface area (Å²) < 4.78 is 0. The number of hydrogen-bond acceptors (Lipinski definition) is 0. The minimum absolute atomic E-state index is 0.858. The second-order valence-electron chi connectivity index (χ2n) is 5.77. The number of hydrogen-bond donors (Lipinski definition) is 0. The minimum Gasteiger partial charge on any atom is -0.123 e. The van der Waals surface area contributed by atoms with Crippen LogP contribution < -0.4 is 0 Å². The molecule has 0 spiro atoms. The second-order valence-corrected chi connectivity index (χ2v) is 10.8. The predicted molar refractivity (Wildman–Crippen MR) is 77.7 cm³/mol. The highest BCUT2D eigenvalue weighted by Crippen LogP contribution is 2.13. The van der Waals surface area contributed by atoms with Gasteiger partial charge in [0.2, 0.25) is 0 Å². The third kappa shape index (κ3) is 10.3. The molecule has 88 valence electrons. The van der Waals surface area contributed by atoms with Gasteiger partial charge >= 0.3 is 0 Å². The van der Waals surface area contributed by atoms with Crippen molar-refractivity contribution in [1.82, 2.24) is 0 Å². The van der Waals surface area contributed by atoms with Crippen LogP contribution in [-0.2, 0) is 0 Å². The maximum absolute atomic E-state index is 2.53. The standard InChI is InChI=1S/C13H29BSi/c1-6-8-10-14(11-9-7-2)12-13-15(3,4)5/h12-13H,6-11H2,1-5H3/b13-12+. The van der Waals surface area contributed by atoms with Crippen LogP contribution in [0.4, 0.5) is 0 Å². The van der Waals surface area contributed by atoms with Crippen LogP contribution in [0, 0.1) is 0 Å². The highest BCUT2D eigenvalue weighted by Gasteiger charge is 2.12. The molecular weight excluding hydrogens is 195 g/mol. The van der Waals surface area contributed by atoms with E-state index in [1.54, 1.807) is 0 Å². The Balaban J connectivity index is 4.04. The molecule has 0 N–H and O–H groups in total. The molecule has 0 saturated heterocycles. The van der Waals surface area contributed by atoms with Gasteiger partial charge in [0.15, 0.2) is 6.71 Å². The lowest BCUT2D eigenvalue weighted by atomic mass is 9.44. The number of unbranched alkanes of at least 4 members (excludes halogenated alkanes) is 2. The zero-order valence-corrected chi connectivity index (χ0v) is 12.5. The normalized spacial score (nSPS) is 12.3. The van der Waals surface area contributed by atoms with Crippen molar-refractivity contribution in [3.63, 3.8) is 0 Å². The topological polar surface area (TPSA) is 0 Å². The largest absolute Gasteiger partial charge is 0.165 e. The minimum atomic E-state index is -0.979. The molecule has 0 aliphatic carbocycles. The van der Waals surface area contributed by atoms with Crippen LogP contribution in [-0.4, -0.2) is 14.8 Å². The third-order valence-corrected chi connectivity index (χ3v) is 3.92. The lowest BCUT2D eigenvalue weighted by molar-refractivity contribution is 0.845. The first-order valence-electron chi connectivity index (χ1n) is 6.69. The summed E-state index contributed by atoms with van der Waals surface area (Å²) in [5.41, 5.74) is 2.53. The van der Waals surface area contributed by atoms with Crippen molar-refractivity contribution in [2.24, 2.45) is 0 Å². The zero-order chi connectivity index (χ0) is 11.7. The zero-order valence-electron chi connectivity index (χ0n) is 11.5. The van der Waals surface area contributed by atoms with E-state index in [9.17, 15) is 0 Å². The van der Waals surface area contributed by atoms with Gasteiger partial charge in [-0.25, -0.2) is 0 Å². The Morgan fingerprint density at radius 2 is 1.40 bits per heavy atom. The van der Waals surface area contributed by atoms with Crippen LogP contribution >= 0.6 is 0 Å². The highest BCUT2D eigenvalue weighted by molar-refractivity contribution is 6.82. The van der Waals surface area contributed by atoms with E-state index < -0.39 is 8.07 Å². The molecule has 0 saturated carbocycles. The van der Waals surface area contributed by atoms with Gasteiger partial charge in [0, 0.05) is 0 Å². The van der Waals surface area contributed by atoms with Gasteiger partial charge in [-0.15, -0.1) is 11.7 Å². The molecule has 0 nitrogen and oxygen atoms in total. The van der Waals surface area contributed by atoms with Gasteiger partial charge in [-0.1, -0.05) is 71.8 Å². The first-order valence-corrected chi connectivity index (χ1v) is 10.3. The monoisotopic (exact) mass is 224 g/mol. The molecule has 15 heavy (non-hydrogen) atoms. The summed E-state index contributed by atoms with van der Waals surface area (Å²) in [5, 5.41) is 0. The Labute approximate surface area is 98.6 Å². The molecule has 0 amide bonds.